The molecule has 1 heterocycles. The number of aliphatic hydroxyl groups is 1. The van der Waals surface area contributed by atoms with E-state index >= 15 is 0 Å². The largest absolute Gasteiger partial charge is 0.447 e. The first-order valence-electron chi connectivity index (χ1n) is 6.13. The molecule has 0 saturated heterocycles. The van der Waals surface area contributed by atoms with E-state index in [0.717, 1.165) is 12.1 Å². The normalized spacial score (nSPS) is 15.0. The highest BCUT2D eigenvalue weighted by Crippen LogP contribution is 2.35. The quantitative estimate of drug-likeness (QED) is 0.902. The van der Waals surface area contributed by atoms with E-state index < -0.39 is 23.8 Å². The van der Waals surface area contributed by atoms with Crippen molar-refractivity contribution in [1.82, 2.24) is 0 Å². The van der Waals surface area contributed by atoms with Crippen molar-refractivity contribution >= 4 is 11.6 Å². The number of halogens is 4. The highest BCUT2D eigenvalue weighted by molar-refractivity contribution is 6.28. The molecule has 0 fully saturated rings. The second kappa shape index (κ2) is 6.09. The third kappa shape index (κ3) is 3.58. The van der Waals surface area contributed by atoms with Gasteiger partial charge in [0.2, 0.25) is 0 Å². The minimum atomic E-state index is -4.45. The van der Waals surface area contributed by atoms with Crippen LogP contribution in [-0.4, -0.2) is 11.7 Å². The molecule has 0 aliphatic heterocycles. The molecule has 2 rings (SSSR count). The monoisotopic (exact) mass is 319 g/mol. The fourth-order valence-corrected chi connectivity index (χ4v) is 2.23. The van der Waals surface area contributed by atoms with E-state index in [4.69, 9.17) is 21.8 Å². The van der Waals surface area contributed by atoms with Crippen LogP contribution in [0.3, 0.4) is 0 Å². The van der Waals surface area contributed by atoms with E-state index in [1.54, 1.807) is 0 Å². The van der Waals surface area contributed by atoms with E-state index in [0.29, 0.717) is 0 Å². The van der Waals surface area contributed by atoms with Crippen molar-refractivity contribution in [3.05, 3.63) is 58.5 Å². The van der Waals surface area contributed by atoms with Crippen molar-refractivity contribution in [3.8, 4) is 0 Å². The Morgan fingerprint density at radius 3 is 2.48 bits per heavy atom. The molecule has 0 saturated carbocycles. The summed E-state index contributed by atoms with van der Waals surface area (Å²) in [5.74, 6) is -0.567. The number of hydrogen-bond donors (Lipinski definition) is 2. The minimum Gasteiger partial charge on any atom is -0.447 e. The summed E-state index contributed by atoms with van der Waals surface area (Å²) in [7, 11) is 0. The topological polar surface area (TPSA) is 59.4 Å². The number of benzene rings is 1. The summed E-state index contributed by atoms with van der Waals surface area (Å²) in [6.07, 6.45) is -5.63. The number of nitrogens with two attached hydrogens (primary N) is 1. The van der Waals surface area contributed by atoms with Crippen molar-refractivity contribution < 1.29 is 22.7 Å². The molecular formula is C14H13ClF3NO2. The molecule has 0 spiro atoms. The molecule has 1 aromatic heterocycles. The van der Waals surface area contributed by atoms with Crippen LogP contribution in [0.2, 0.25) is 5.22 Å². The lowest BCUT2D eigenvalue weighted by Crippen LogP contribution is -2.20. The molecule has 21 heavy (non-hydrogen) atoms. The average Bonchev–Trinajstić information content (AvgIpc) is 2.85. The maximum absolute atomic E-state index is 12.7. The van der Waals surface area contributed by atoms with Gasteiger partial charge in [0.15, 0.2) is 5.22 Å². The number of aliphatic hydroxyl groups excluding tert-OH is 1. The van der Waals surface area contributed by atoms with E-state index in [2.05, 4.69) is 0 Å². The lowest BCUT2D eigenvalue weighted by atomic mass is 9.91. The van der Waals surface area contributed by atoms with Crippen LogP contribution in [0.5, 0.6) is 0 Å². The Bertz CT molecular complexity index is 612. The van der Waals surface area contributed by atoms with Gasteiger partial charge < -0.3 is 15.3 Å². The summed E-state index contributed by atoms with van der Waals surface area (Å²) in [5.41, 5.74) is 5.09. The molecule has 7 heteroatoms. The molecule has 2 aromatic rings. The summed E-state index contributed by atoms with van der Waals surface area (Å²) in [4.78, 5) is 0. The summed E-state index contributed by atoms with van der Waals surface area (Å²) in [6.45, 7) is -0.0409. The lowest BCUT2D eigenvalue weighted by molar-refractivity contribution is -0.137. The average molecular weight is 320 g/mol. The first kappa shape index (κ1) is 15.9. The Morgan fingerprint density at radius 2 is 1.95 bits per heavy atom. The van der Waals surface area contributed by atoms with Crippen molar-refractivity contribution in [2.75, 3.05) is 6.54 Å². The van der Waals surface area contributed by atoms with Crippen molar-refractivity contribution in [1.29, 1.82) is 0 Å². The fraction of sp³-hybridized carbons (Fsp3) is 0.286. The maximum atomic E-state index is 12.7. The van der Waals surface area contributed by atoms with Gasteiger partial charge in [-0.1, -0.05) is 18.2 Å². The Balaban J connectivity index is 2.33. The molecule has 0 amide bonds. The Hall–Kier alpha value is -1.50. The third-order valence-electron chi connectivity index (χ3n) is 3.16. The van der Waals surface area contributed by atoms with E-state index in [1.165, 1.54) is 24.3 Å². The van der Waals surface area contributed by atoms with Crippen molar-refractivity contribution in [2.45, 2.75) is 18.2 Å². The Morgan fingerprint density at radius 1 is 1.24 bits per heavy atom. The van der Waals surface area contributed by atoms with E-state index in [9.17, 15) is 18.3 Å². The summed E-state index contributed by atoms with van der Waals surface area (Å²) >= 11 is 5.63. The van der Waals surface area contributed by atoms with Crippen LogP contribution in [0.25, 0.3) is 0 Å². The summed E-state index contributed by atoms with van der Waals surface area (Å²) in [6, 6.07) is 7.62. The van der Waals surface area contributed by atoms with Gasteiger partial charge in [-0.05, 0) is 35.4 Å². The first-order chi connectivity index (χ1) is 9.82. The van der Waals surface area contributed by atoms with Crippen LogP contribution < -0.4 is 5.73 Å². The van der Waals surface area contributed by atoms with Gasteiger partial charge in [0, 0.05) is 12.5 Å². The molecule has 2 atom stereocenters. The van der Waals surface area contributed by atoms with Crippen LogP contribution in [0.4, 0.5) is 13.2 Å². The SMILES string of the molecule is NCC(c1cccc(C(F)(F)F)c1)C(O)c1ccc(Cl)o1. The van der Waals surface area contributed by atoms with Crippen molar-refractivity contribution in [3.63, 3.8) is 0 Å². The zero-order valence-corrected chi connectivity index (χ0v) is 11.5. The van der Waals surface area contributed by atoms with Crippen molar-refractivity contribution in [2.24, 2.45) is 5.73 Å². The fourth-order valence-electron chi connectivity index (χ4n) is 2.08. The van der Waals surface area contributed by atoms with Crippen LogP contribution in [0.15, 0.2) is 40.8 Å². The highest BCUT2D eigenvalue weighted by Gasteiger charge is 2.32. The number of alkyl halides is 3. The predicted molar refractivity (Wildman–Crippen MR) is 71.9 cm³/mol. The number of furan rings is 1. The van der Waals surface area contributed by atoms with Crippen LogP contribution in [0, 0.1) is 0 Å². The maximum Gasteiger partial charge on any atom is 0.416 e. The second-order valence-corrected chi connectivity index (χ2v) is 4.92. The number of rotatable bonds is 4. The van der Waals surface area contributed by atoms with Gasteiger partial charge in [-0.15, -0.1) is 0 Å². The molecular weight excluding hydrogens is 307 g/mol. The molecule has 0 bridgehead atoms. The summed E-state index contributed by atoms with van der Waals surface area (Å²) < 4.78 is 43.3. The molecule has 114 valence electrons. The predicted octanol–water partition coefficient (Wildman–Crippen LogP) is 3.73. The van der Waals surface area contributed by atoms with E-state index in [1.807, 2.05) is 0 Å². The second-order valence-electron chi connectivity index (χ2n) is 4.55. The Labute approximate surface area is 124 Å². The van der Waals surface area contributed by atoms with E-state index in [-0.39, 0.29) is 23.1 Å². The van der Waals surface area contributed by atoms with Gasteiger partial charge >= 0.3 is 6.18 Å². The van der Waals surface area contributed by atoms with Gasteiger partial charge in [-0.2, -0.15) is 13.2 Å². The molecule has 0 radical (unpaired) electrons. The molecule has 0 aliphatic rings. The Kier molecular flexibility index (Phi) is 4.61. The molecule has 3 nitrogen and oxygen atoms in total. The smallest absolute Gasteiger partial charge is 0.416 e. The van der Waals surface area contributed by atoms with Gasteiger partial charge in [0.1, 0.15) is 11.9 Å². The minimum absolute atomic E-state index is 0.0409. The number of hydrogen-bond acceptors (Lipinski definition) is 3. The third-order valence-corrected chi connectivity index (χ3v) is 3.37. The molecule has 0 aliphatic carbocycles. The van der Waals surface area contributed by atoms with Crippen LogP contribution >= 0.6 is 11.6 Å². The standard InChI is InChI=1S/C14H13ClF3NO2/c15-12-5-4-11(21-12)13(20)10(7-19)8-2-1-3-9(6-8)14(16,17)18/h1-6,10,13,20H,7,19H2. The zero-order chi connectivity index (χ0) is 15.6. The summed E-state index contributed by atoms with van der Waals surface area (Å²) in [5, 5.41) is 10.3. The van der Waals surface area contributed by atoms with Gasteiger partial charge in [-0.25, -0.2) is 0 Å². The molecule has 2 unspecified atom stereocenters. The van der Waals surface area contributed by atoms with Gasteiger partial charge in [0.25, 0.3) is 0 Å². The lowest BCUT2D eigenvalue weighted by Gasteiger charge is -2.21. The molecule has 1 aromatic carbocycles. The van der Waals surface area contributed by atoms with Gasteiger partial charge in [-0.3, -0.25) is 0 Å². The zero-order valence-electron chi connectivity index (χ0n) is 10.8. The van der Waals surface area contributed by atoms with Crippen LogP contribution in [-0.2, 0) is 6.18 Å². The first-order valence-corrected chi connectivity index (χ1v) is 6.51. The highest BCUT2D eigenvalue weighted by atomic mass is 35.5. The molecule has 3 N–H and O–H groups in total. The van der Waals surface area contributed by atoms with Gasteiger partial charge in [0.05, 0.1) is 5.56 Å². The van der Waals surface area contributed by atoms with Crippen LogP contribution in [0.1, 0.15) is 28.9 Å².